The number of aromatic nitrogens is 4. The first-order valence-electron chi connectivity index (χ1n) is 22.1. The molecular weight excluding hydrogens is 829 g/mol. The lowest BCUT2D eigenvalue weighted by Gasteiger charge is -2.32. The number of ether oxygens (including phenoxy) is 4. The Morgan fingerprint density at radius 1 is 0.862 bits per heavy atom. The summed E-state index contributed by atoms with van der Waals surface area (Å²) in [5, 5.41) is 7.42. The predicted molar refractivity (Wildman–Crippen MR) is 243 cm³/mol. The second-order valence-corrected chi connectivity index (χ2v) is 17.6. The van der Waals surface area contributed by atoms with Crippen LogP contribution in [0.3, 0.4) is 0 Å². The number of hydrogen-bond donors (Lipinski definition) is 4. The first-order chi connectivity index (χ1) is 31.5. The Balaban J connectivity index is 0.974. The van der Waals surface area contributed by atoms with Gasteiger partial charge in [0, 0.05) is 36.6 Å². The molecule has 2 saturated heterocycles. The number of H-pyrrole nitrogens is 2. The van der Waals surface area contributed by atoms with E-state index in [0.717, 1.165) is 68.3 Å². The zero-order chi connectivity index (χ0) is 45.5. The van der Waals surface area contributed by atoms with E-state index in [2.05, 4.69) is 57.0 Å². The molecule has 3 aliphatic rings. The van der Waals surface area contributed by atoms with Crippen LogP contribution < -0.4 is 15.4 Å². The maximum Gasteiger partial charge on any atom is 0.407 e. The number of amides is 4. The quantitative estimate of drug-likeness (QED) is 0.100. The summed E-state index contributed by atoms with van der Waals surface area (Å²) in [5.74, 6) is 1.61. The standard InChI is InChI=1S/C49H54N8O8/c1-26(2)41(54-48(60)63-5)47(59)57-27(3)12-17-38(57)45-51-36-16-14-30-20-35-33-15-13-31(19-32(33)25-65-40(35)21-34(30)43(36)53-45)37-22-50-44(52-37)39-18-28(24-62-4)23-56(39)46(58)42(55-49(61)64-6)29-10-8-7-9-11-29/h7-11,13-16,19-22,26-28,38-39,41-42H,12,17-18,23-25H2,1-6H3,(H,50,52)(H,51,53)(H,54,60)(H,55,61). The molecule has 3 aliphatic heterocycles. The fourth-order valence-electron chi connectivity index (χ4n) is 9.83. The van der Waals surface area contributed by atoms with Gasteiger partial charge in [0.05, 0.1) is 55.8 Å². The van der Waals surface area contributed by atoms with Crippen LogP contribution in [0.1, 0.15) is 80.9 Å². The summed E-state index contributed by atoms with van der Waals surface area (Å²) in [5.41, 5.74) is 7.09. The van der Waals surface area contributed by atoms with Gasteiger partial charge in [-0.3, -0.25) is 9.59 Å². The minimum Gasteiger partial charge on any atom is -0.488 e. The van der Waals surface area contributed by atoms with E-state index in [0.29, 0.717) is 43.4 Å². The summed E-state index contributed by atoms with van der Waals surface area (Å²) in [4.78, 5) is 73.5. The number of aromatic amines is 2. The van der Waals surface area contributed by atoms with Gasteiger partial charge in [0.15, 0.2) is 0 Å². The number of carbonyl (C=O) groups is 4. The van der Waals surface area contributed by atoms with E-state index in [1.165, 1.54) is 14.2 Å². The normalized spacial score (nSPS) is 20.0. The molecule has 4 amide bonds. The lowest BCUT2D eigenvalue weighted by molar-refractivity contribution is -0.137. The Hall–Kier alpha value is -6.94. The van der Waals surface area contributed by atoms with E-state index in [-0.39, 0.29) is 41.8 Å². The molecule has 0 radical (unpaired) electrons. The first kappa shape index (κ1) is 43.3. The number of hydrogen-bond acceptors (Lipinski definition) is 10. The van der Waals surface area contributed by atoms with Gasteiger partial charge in [0.1, 0.15) is 36.1 Å². The van der Waals surface area contributed by atoms with Gasteiger partial charge in [-0.1, -0.05) is 62.4 Å². The largest absolute Gasteiger partial charge is 0.488 e. The van der Waals surface area contributed by atoms with Crippen molar-refractivity contribution >= 4 is 45.8 Å². The number of benzene rings is 4. The number of likely N-dealkylation sites (tertiary alicyclic amines) is 2. The molecule has 0 saturated carbocycles. The highest BCUT2D eigenvalue weighted by Crippen LogP contribution is 2.44. The number of alkyl carbamates (subject to hydrolysis) is 2. The average molecular weight is 883 g/mol. The minimum absolute atomic E-state index is 0.0342. The van der Waals surface area contributed by atoms with E-state index in [9.17, 15) is 19.2 Å². The van der Waals surface area contributed by atoms with Gasteiger partial charge >= 0.3 is 12.2 Å². The number of carbonyl (C=O) groups excluding carboxylic acids is 4. The SMILES string of the molecule is COCC1CC(c2ncc(-c3ccc4c(c3)COc3cc5c(ccc6[nH]c(C7CCC(C)N7C(=O)C(NC(=O)OC)C(C)C)nc65)cc3-4)[nH]2)N(C(=O)C(NC(=O)OC)c2ccccc2)C1. The van der Waals surface area contributed by atoms with Crippen LogP contribution in [-0.4, -0.2) is 100 Å². The molecule has 6 atom stereocenters. The van der Waals surface area contributed by atoms with E-state index in [1.54, 1.807) is 18.2 Å². The number of rotatable bonds is 11. The van der Waals surface area contributed by atoms with E-state index < -0.39 is 24.3 Å². The zero-order valence-corrected chi connectivity index (χ0v) is 37.3. The molecule has 2 fully saturated rings. The Bertz CT molecular complexity index is 2770. The summed E-state index contributed by atoms with van der Waals surface area (Å²) < 4.78 is 21.7. The Labute approximate surface area is 376 Å². The first-order valence-corrected chi connectivity index (χ1v) is 22.1. The second-order valence-electron chi connectivity index (χ2n) is 17.6. The van der Waals surface area contributed by atoms with Crippen molar-refractivity contribution in [2.75, 3.05) is 34.5 Å². The summed E-state index contributed by atoms with van der Waals surface area (Å²) >= 11 is 0. The van der Waals surface area contributed by atoms with Gasteiger partial charge in [-0.05, 0) is 84.0 Å². The molecule has 6 aromatic rings. The summed E-state index contributed by atoms with van der Waals surface area (Å²) in [6.45, 7) is 7.11. The van der Waals surface area contributed by atoms with Gasteiger partial charge in [-0.25, -0.2) is 19.6 Å². The molecule has 338 valence electrons. The van der Waals surface area contributed by atoms with Gasteiger partial charge in [-0.15, -0.1) is 0 Å². The second kappa shape index (κ2) is 17.9. The van der Waals surface area contributed by atoms with Crippen LogP contribution in [0.4, 0.5) is 9.59 Å². The lowest BCUT2D eigenvalue weighted by atomic mass is 9.92. The predicted octanol–water partition coefficient (Wildman–Crippen LogP) is 7.73. The Kier molecular flexibility index (Phi) is 11.9. The molecule has 16 nitrogen and oxygen atoms in total. The molecule has 2 aromatic heterocycles. The molecule has 9 rings (SSSR count). The summed E-state index contributed by atoms with van der Waals surface area (Å²) in [6, 6.07) is 21.3. The van der Waals surface area contributed by atoms with Crippen molar-refractivity contribution in [1.82, 2.24) is 40.4 Å². The Morgan fingerprint density at radius 2 is 1.65 bits per heavy atom. The molecule has 4 aromatic carbocycles. The van der Waals surface area contributed by atoms with Crippen molar-refractivity contribution in [3.8, 4) is 28.1 Å². The van der Waals surface area contributed by atoms with Crippen molar-refractivity contribution in [2.24, 2.45) is 11.8 Å². The van der Waals surface area contributed by atoms with Crippen molar-refractivity contribution in [3.05, 3.63) is 102 Å². The van der Waals surface area contributed by atoms with Gasteiger partial charge in [-0.2, -0.15) is 0 Å². The van der Waals surface area contributed by atoms with Crippen LogP contribution in [0.2, 0.25) is 0 Å². The Morgan fingerprint density at radius 3 is 2.40 bits per heavy atom. The smallest absolute Gasteiger partial charge is 0.407 e. The number of imidazole rings is 2. The average Bonchev–Trinajstić information content (AvgIpc) is 4.15. The number of nitrogens with one attached hydrogen (secondary N) is 4. The molecule has 4 N–H and O–H groups in total. The fourth-order valence-corrected chi connectivity index (χ4v) is 9.83. The van der Waals surface area contributed by atoms with Crippen molar-refractivity contribution in [2.45, 2.75) is 76.8 Å². The third-order valence-corrected chi connectivity index (χ3v) is 13.1. The highest BCUT2D eigenvalue weighted by molar-refractivity contribution is 6.07. The number of fused-ring (bicyclic) bond motifs is 6. The highest BCUT2D eigenvalue weighted by atomic mass is 16.5. The summed E-state index contributed by atoms with van der Waals surface area (Å²) in [6.07, 6.45) is 2.64. The molecule has 65 heavy (non-hydrogen) atoms. The van der Waals surface area contributed by atoms with Crippen LogP contribution in [-0.2, 0) is 30.4 Å². The molecule has 6 unspecified atom stereocenters. The summed E-state index contributed by atoms with van der Waals surface area (Å²) in [7, 11) is 4.22. The maximum absolute atomic E-state index is 14.3. The maximum atomic E-state index is 14.3. The molecule has 5 heterocycles. The van der Waals surface area contributed by atoms with Crippen LogP contribution in [0, 0.1) is 11.8 Å². The van der Waals surface area contributed by atoms with E-state index in [4.69, 9.17) is 28.9 Å². The molecule has 0 bridgehead atoms. The third kappa shape index (κ3) is 8.22. The van der Waals surface area contributed by atoms with Gasteiger partial charge < -0.3 is 49.3 Å². The minimum atomic E-state index is -0.948. The fraction of sp³-hybridized carbons (Fsp3) is 0.388. The van der Waals surface area contributed by atoms with Gasteiger partial charge in [0.25, 0.3) is 5.91 Å². The van der Waals surface area contributed by atoms with E-state index in [1.807, 2.05) is 62.1 Å². The topological polar surface area (TPSA) is 193 Å². The van der Waals surface area contributed by atoms with Crippen LogP contribution in [0.15, 0.2) is 79.0 Å². The molecule has 0 spiro atoms. The van der Waals surface area contributed by atoms with Crippen molar-refractivity contribution < 1.29 is 38.1 Å². The van der Waals surface area contributed by atoms with Crippen LogP contribution in [0.25, 0.3) is 44.2 Å². The third-order valence-electron chi connectivity index (χ3n) is 13.1. The van der Waals surface area contributed by atoms with Crippen molar-refractivity contribution in [3.63, 3.8) is 0 Å². The van der Waals surface area contributed by atoms with Crippen molar-refractivity contribution in [1.29, 1.82) is 0 Å². The molecule has 0 aliphatic carbocycles. The molecule has 16 heteroatoms. The molecular formula is C49H54N8O8. The highest BCUT2D eigenvalue weighted by Gasteiger charge is 2.43. The van der Waals surface area contributed by atoms with Gasteiger partial charge in [0.2, 0.25) is 5.91 Å². The number of nitrogens with zero attached hydrogens (tertiary/aromatic N) is 4. The van der Waals surface area contributed by atoms with Crippen LogP contribution in [0.5, 0.6) is 5.75 Å². The number of methoxy groups -OCH3 is 3. The monoisotopic (exact) mass is 882 g/mol. The lowest BCUT2D eigenvalue weighted by Crippen LogP contribution is -2.52. The zero-order valence-electron chi connectivity index (χ0n) is 37.3. The van der Waals surface area contributed by atoms with Crippen LogP contribution >= 0.6 is 0 Å². The van der Waals surface area contributed by atoms with E-state index >= 15 is 0 Å².